The second-order valence-corrected chi connectivity index (χ2v) is 5.57. The van der Waals surface area contributed by atoms with Crippen LogP contribution in [0.4, 0.5) is 5.69 Å². The van der Waals surface area contributed by atoms with Crippen LogP contribution >= 0.6 is 0 Å². The number of nitrogens with one attached hydrogen (secondary N) is 2. The van der Waals surface area contributed by atoms with E-state index in [1.165, 1.54) is 37.2 Å². The van der Waals surface area contributed by atoms with Gasteiger partial charge in [0.1, 0.15) is 12.2 Å². The SMILES string of the molecule is c1n[nH]c(CCCNCc2ccc(N3CCCC3)cc2)n1. The van der Waals surface area contributed by atoms with Crippen LogP contribution < -0.4 is 10.2 Å². The molecule has 3 rings (SSSR count). The Morgan fingerprint density at radius 2 is 1.95 bits per heavy atom. The molecule has 1 aromatic heterocycles. The minimum absolute atomic E-state index is 0.927. The Morgan fingerprint density at radius 1 is 1.14 bits per heavy atom. The van der Waals surface area contributed by atoms with Gasteiger partial charge in [-0.3, -0.25) is 5.10 Å². The van der Waals surface area contributed by atoms with Gasteiger partial charge < -0.3 is 10.2 Å². The second kappa shape index (κ2) is 7.22. The number of hydrogen-bond donors (Lipinski definition) is 2. The molecule has 5 heteroatoms. The molecular formula is C16H23N5. The van der Waals surface area contributed by atoms with E-state index in [0.717, 1.165) is 31.8 Å². The van der Waals surface area contributed by atoms with E-state index in [2.05, 4.69) is 49.7 Å². The molecule has 1 saturated heterocycles. The topological polar surface area (TPSA) is 56.8 Å². The van der Waals surface area contributed by atoms with Crippen LogP contribution in [0.3, 0.4) is 0 Å². The molecule has 0 radical (unpaired) electrons. The first-order valence-corrected chi connectivity index (χ1v) is 7.81. The van der Waals surface area contributed by atoms with Crippen molar-refractivity contribution in [2.24, 2.45) is 0 Å². The Kier molecular flexibility index (Phi) is 4.84. The molecule has 0 bridgehead atoms. The van der Waals surface area contributed by atoms with E-state index in [-0.39, 0.29) is 0 Å². The minimum Gasteiger partial charge on any atom is -0.372 e. The Balaban J connectivity index is 1.37. The van der Waals surface area contributed by atoms with E-state index in [1.54, 1.807) is 6.33 Å². The molecule has 1 aliphatic rings. The number of aromatic amines is 1. The molecule has 2 heterocycles. The third-order valence-corrected chi connectivity index (χ3v) is 3.97. The molecule has 0 unspecified atom stereocenters. The normalized spacial score (nSPS) is 14.8. The predicted molar refractivity (Wildman–Crippen MR) is 84.3 cm³/mol. The monoisotopic (exact) mass is 285 g/mol. The van der Waals surface area contributed by atoms with Gasteiger partial charge in [0.2, 0.25) is 0 Å². The Hall–Kier alpha value is -1.88. The van der Waals surface area contributed by atoms with Gasteiger partial charge in [0.15, 0.2) is 0 Å². The van der Waals surface area contributed by atoms with E-state index < -0.39 is 0 Å². The molecule has 0 spiro atoms. The van der Waals surface area contributed by atoms with Crippen molar-refractivity contribution in [2.45, 2.75) is 32.2 Å². The third kappa shape index (κ3) is 4.04. The zero-order chi connectivity index (χ0) is 14.3. The lowest BCUT2D eigenvalue weighted by molar-refractivity contribution is 0.639. The van der Waals surface area contributed by atoms with E-state index in [4.69, 9.17) is 0 Å². The molecule has 0 saturated carbocycles. The van der Waals surface area contributed by atoms with Crippen LogP contribution in [-0.2, 0) is 13.0 Å². The third-order valence-electron chi connectivity index (χ3n) is 3.97. The second-order valence-electron chi connectivity index (χ2n) is 5.57. The first-order chi connectivity index (χ1) is 10.4. The van der Waals surface area contributed by atoms with Gasteiger partial charge in [0, 0.05) is 31.7 Å². The fourth-order valence-corrected chi connectivity index (χ4v) is 2.76. The van der Waals surface area contributed by atoms with Crippen molar-refractivity contribution in [2.75, 3.05) is 24.5 Å². The number of nitrogens with zero attached hydrogens (tertiary/aromatic N) is 3. The van der Waals surface area contributed by atoms with Gasteiger partial charge in [-0.2, -0.15) is 5.10 Å². The number of aromatic nitrogens is 3. The summed E-state index contributed by atoms with van der Waals surface area (Å²) in [5.74, 6) is 0.965. The Bertz CT molecular complexity index is 514. The fraction of sp³-hybridized carbons (Fsp3) is 0.500. The molecule has 0 amide bonds. The Labute approximate surface area is 125 Å². The van der Waals surface area contributed by atoms with Crippen molar-refractivity contribution < 1.29 is 0 Å². The average Bonchev–Trinajstić information content (AvgIpc) is 3.21. The summed E-state index contributed by atoms with van der Waals surface area (Å²) < 4.78 is 0. The highest BCUT2D eigenvalue weighted by Gasteiger charge is 2.11. The maximum atomic E-state index is 4.12. The van der Waals surface area contributed by atoms with Crippen molar-refractivity contribution in [3.05, 3.63) is 42.0 Å². The summed E-state index contributed by atoms with van der Waals surface area (Å²) >= 11 is 0. The van der Waals surface area contributed by atoms with E-state index in [0.29, 0.717) is 0 Å². The summed E-state index contributed by atoms with van der Waals surface area (Å²) in [6, 6.07) is 8.96. The summed E-state index contributed by atoms with van der Waals surface area (Å²) in [5.41, 5.74) is 2.71. The summed E-state index contributed by atoms with van der Waals surface area (Å²) in [4.78, 5) is 6.59. The van der Waals surface area contributed by atoms with Crippen LogP contribution in [0.5, 0.6) is 0 Å². The summed E-state index contributed by atoms with van der Waals surface area (Å²) in [5, 5.41) is 10.2. The molecule has 2 aromatic rings. The molecule has 0 atom stereocenters. The van der Waals surface area contributed by atoms with E-state index >= 15 is 0 Å². The van der Waals surface area contributed by atoms with E-state index in [1.807, 2.05) is 0 Å². The first-order valence-electron chi connectivity index (χ1n) is 7.81. The zero-order valence-corrected chi connectivity index (χ0v) is 12.4. The van der Waals surface area contributed by atoms with Crippen molar-refractivity contribution in [3.8, 4) is 0 Å². The molecule has 1 fully saturated rings. The highest BCUT2D eigenvalue weighted by molar-refractivity contribution is 5.48. The van der Waals surface area contributed by atoms with E-state index in [9.17, 15) is 0 Å². The molecule has 1 aliphatic heterocycles. The minimum atomic E-state index is 0.927. The van der Waals surface area contributed by atoms with Gasteiger partial charge in [-0.25, -0.2) is 4.98 Å². The molecule has 1 aromatic carbocycles. The summed E-state index contributed by atoms with van der Waals surface area (Å²) in [7, 11) is 0. The van der Waals surface area contributed by atoms with Crippen molar-refractivity contribution in [3.63, 3.8) is 0 Å². The molecule has 2 N–H and O–H groups in total. The lowest BCUT2D eigenvalue weighted by Crippen LogP contribution is -2.18. The molecule has 5 nitrogen and oxygen atoms in total. The van der Waals surface area contributed by atoms with Crippen LogP contribution in [-0.4, -0.2) is 34.8 Å². The van der Waals surface area contributed by atoms with Crippen molar-refractivity contribution in [1.82, 2.24) is 20.5 Å². The summed E-state index contributed by atoms with van der Waals surface area (Å²) in [6.07, 6.45) is 6.23. The van der Waals surface area contributed by atoms with Gasteiger partial charge in [0.05, 0.1) is 0 Å². The fourth-order valence-electron chi connectivity index (χ4n) is 2.76. The quantitative estimate of drug-likeness (QED) is 0.765. The maximum Gasteiger partial charge on any atom is 0.137 e. The highest BCUT2D eigenvalue weighted by atomic mass is 15.2. The van der Waals surface area contributed by atoms with Gasteiger partial charge >= 0.3 is 0 Å². The van der Waals surface area contributed by atoms with Gasteiger partial charge in [0.25, 0.3) is 0 Å². The molecular weight excluding hydrogens is 262 g/mol. The molecule has 0 aliphatic carbocycles. The number of anilines is 1. The van der Waals surface area contributed by atoms with Gasteiger partial charge in [-0.1, -0.05) is 12.1 Å². The highest BCUT2D eigenvalue weighted by Crippen LogP contribution is 2.20. The number of H-pyrrole nitrogens is 1. The summed E-state index contributed by atoms with van der Waals surface area (Å²) in [6.45, 7) is 4.34. The number of rotatable bonds is 7. The van der Waals surface area contributed by atoms with Crippen LogP contribution in [0.15, 0.2) is 30.6 Å². The van der Waals surface area contributed by atoms with Crippen LogP contribution in [0.25, 0.3) is 0 Å². The standard InChI is InChI=1S/C16H23N5/c1-2-11-21(10-1)15-7-5-14(6-8-15)12-17-9-3-4-16-18-13-19-20-16/h5-8,13,17H,1-4,9-12H2,(H,18,19,20). The first kappa shape index (κ1) is 14.1. The maximum absolute atomic E-state index is 4.12. The smallest absolute Gasteiger partial charge is 0.137 e. The van der Waals surface area contributed by atoms with Crippen molar-refractivity contribution >= 4 is 5.69 Å². The largest absolute Gasteiger partial charge is 0.372 e. The zero-order valence-electron chi connectivity index (χ0n) is 12.4. The number of hydrogen-bond acceptors (Lipinski definition) is 4. The van der Waals surface area contributed by atoms with Crippen molar-refractivity contribution in [1.29, 1.82) is 0 Å². The van der Waals surface area contributed by atoms with Gasteiger partial charge in [-0.15, -0.1) is 0 Å². The lowest BCUT2D eigenvalue weighted by atomic mass is 10.2. The van der Waals surface area contributed by atoms with Crippen LogP contribution in [0, 0.1) is 0 Å². The predicted octanol–water partition coefficient (Wildman–Crippen LogP) is 2.13. The number of benzene rings is 1. The van der Waals surface area contributed by atoms with Crippen LogP contribution in [0.1, 0.15) is 30.7 Å². The molecule has 21 heavy (non-hydrogen) atoms. The van der Waals surface area contributed by atoms with Gasteiger partial charge in [-0.05, 0) is 43.5 Å². The molecule has 112 valence electrons. The van der Waals surface area contributed by atoms with Crippen LogP contribution in [0.2, 0.25) is 0 Å². The lowest BCUT2D eigenvalue weighted by Gasteiger charge is -2.17. The average molecular weight is 285 g/mol. The Morgan fingerprint density at radius 3 is 2.67 bits per heavy atom. The number of aryl methyl sites for hydroxylation is 1.